The molecular formula is C16H25BO3. The summed E-state index contributed by atoms with van der Waals surface area (Å²) in [6.07, 6.45) is 1.20. The zero-order chi connectivity index (χ0) is 15.0. The standard InChI is InChI=1S/C16H25BO3/c1-7-12(2)18-14-10-8-9-13(11-14)17-19-15(3,4)16(5,6)20-17/h8-12H,7H2,1-6H3/t12-/m1/s1. The molecule has 0 amide bonds. The fourth-order valence-electron chi connectivity index (χ4n) is 2.03. The van der Waals surface area contributed by atoms with Crippen LogP contribution in [0.3, 0.4) is 0 Å². The van der Waals surface area contributed by atoms with Crippen molar-refractivity contribution in [2.24, 2.45) is 0 Å². The summed E-state index contributed by atoms with van der Waals surface area (Å²) in [6.45, 7) is 12.4. The van der Waals surface area contributed by atoms with Crippen molar-refractivity contribution in [1.82, 2.24) is 0 Å². The highest BCUT2D eigenvalue weighted by Crippen LogP contribution is 2.36. The maximum Gasteiger partial charge on any atom is 0.494 e. The second-order valence-corrected chi connectivity index (χ2v) is 6.50. The predicted molar refractivity (Wildman–Crippen MR) is 82.5 cm³/mol. The van der Waals surface area contributed by atoms with Crippen LogP contribution in [0.1, 0.15) is 48.0 Å². The van der Waals surface area contributed by atoms with Crippen molar-refractivity contribution in [1.29, 1.82) is 0 Å². The van der Waals surface area contributed by atoms with Crippen LogP contribution < -0.4 is 10.2 Å². The van der Waals surface area contributed by atoms with E-state index in [-0.39, 0.29) is 24.4 Å². The van der Waals surface area contributed by atoms with Gasteiger partial charge in [0.15, 0.2) is 0 Å². The fourth-order valence-corrected chi connectivity index (χ4v) is 2.03. The second-order valence-electron chi connectivity index (χ2n) is 6.50. The highest BCUT2D eigenvalue weighted by Gasteiger charge is 2.51. The molecule has 1 aromatic rings. The van der Waals surface area contributed by atoms with Gasteiger partial charge in [-0.15, -0.1) is 0 Å². The molecule has 0 aromatic heterocycles. The minimum atomic E-state index is -0.333. The van der Waals surface area contributed by atoms with E-state index in [2.05, 4.69) is 41.5 Å². The van der Waals surface area contributed by atoms with E-state index in [1.54, 1.807) is 0 Å². The summed E-state index contributed by atoms with van der Waals surface area (Å²) in [5, 5.41) is 0. The molecule has 1 aliphatic rings. The maximum absolute atomic E-state index is 6.06. The van der Waals surface area contributed by atoms with Crippen LogP contribution in [0.25, 0.3) is 0 Å². The van der Waals surface area contributed by atoms with Gasteiger partial charge in [-0.25, -0.2) is 0 Å². The lowest BCUT2D eigenvalue weighted by molar-refractivity contribution is 0.00578. The Hall–Kier alpha value is -0.995. The Morgan fingerprint density at radius 2 is 1.75 bits per heavy atom. The molecule has 0 spiro atoms. The number of rotatable bonds is 4. The Labute approximate surface area is 122 Å². The van der Waals surface area contributed by atoms with Crippen molar-refractivity contribution < 1.29 is 14.0 Å². The molecule has 0 saturated carbocycles. The smallest absolute Gasteiger partial charge is 0.491 e. The van der Waals surface area contributed by atoms with Gasteiger partial charge in [0, 0.05) is 0 Å². The Morgan fingerprint density at radius 1 is 1.15 bits per heavy atom. The average molecular weight is 276 g/mol. The van der Waals surface area contributed by atoms with Gasteiger partial charge < -0.3 is 14.0 Å². The number of hydrogen-bond donors (Lipinski definition) is 0. The van der Waals surface area contributed by atoms with Crippen LogP contribution in [0.4, 0.5) is 0 Å². The molecule has 0 unspecified atom stereocenters. The normalized spacial score (nSPS) is 21.8. The van der Waals surface area contributed by atoms with Crippen LogP contribution in [0.2, 0.25) is 0 Å². The van der Waals surface area contributed by atoms with E-state index in [1.807, 2.05) is 24.3 Å². The van der Waals surface area contributed by atoms with Gasteiger partial charge in [0.1, 0.15) is 5.75 Å². The molecule has 2 rings (SSSR count). The van der Waals surface area contributed by atoms with Crippen molar-refractivity contribution in [2.45, 2.75) is 65.3 Å². The molecule has 0 N–H and O–H groups in total. The zero-order valence-corrected chi connectivity index (χ0v) is 13.4. The van der Waals surface area contributed by atoms with Crippen molar-refractivity contribution in [3.63, 3.8) is 0 Å². The van der Waals surface area contributed by atoms with Gasteiger partial charge >= 0.3 is 7.12 Å². The van der Waals surface area contributed by atoms with E-state index in [0.29, 0.717) is 0 Å². The molecule has 1 aromatic carbocycles. The Bertz CT molecular complexity index is 455. The molecule has 4 heteroatoms. The van der Waals surface area contributed by atoms with Crippen molar-refractivity contribution in [3.05, 3.63) is 24.3 Å². The van der Waals surface area contributed by atoms with E-state index in [0.717, 1.165) is 17.6 Å². The topological polar surface area (TPSA) is 27.7 Å². The third kappa shape index (κ3) is 3.02. The first-order chi connectivity index (χ1) is 9.25. The predicted octanol–water partition coefficient (Wildman–Crippen LogP) is 3.16. The maximum atomic E-state index is 6.06. The zero-order valence-electron chi connectivity index (χ0n) is 13.4. The van der Waals surface area contributed by atoms with Crippen LogP contribution in [0, 0.1) is 0 Å². The van der Waals surface area contributed by atoms with Crippen LogP contribution in [-0.2, 0) is 9.31 Å². The summed E-state index contributed by atoms with van der Waals surface area (Å²) in [6, 6.07) is 7.99. The molecule has 1 aliphatic heterocycles. The van der Waals surface area contributed by atoms with E-state index in [4.69, 9.17) is 14.0 Å². The third-order valence-corrected chi connectivity index (χ3v) is 4.30. The summed E-state index contributed by atoms with van der Waals surface area (Å²) < 4.78 is 18.0. The first kappa shape index (κ1) is 15.4. The van der Waals surface area contributed by atoms with E-state index in [9.17, 15) is 0 Å². The molecule has 1 fully saturated rings. The van der Waals surface area contributed by atoms with Crippen LogP contribution >= 0.6 is 0 Å². The van der Waals surface area contributed by atoms with Gasteiger partial charge in [0.05, 0.1) is 17.3 Å². The average Bonchev–Trinajstić information content (AvgIpc) is 2.59. The van der Waals surface area contributed by atoms with Crippen LogP contribution in [0.5, 0.6) is 5.75 Å². The molecule has 0 aliphatic carbocycles. The summed E-state index contributed by atoms with van der Waals surface area (Å²) in [7, 11) is -0.333. The molecule has 0 bridgehead atoms. The Balaban J connectivity index is 2.17. The largest absolute Gasteiger partial charge is 0.494 e. The van der Waals surface area contributed by atoms with Gasteiger partial charge in [-0.1, -0.05) is 19.1 Å². The quantitative estimate of drug-likeness (QED) is 0.791. The minimum Gasteiger partial charge on any atom is -0.491 e. The molecule has 1 saturated heterocycles. The van der Waals surface area contributed by atoms with Crippen LogP contribution in [-0.4, -0.2) is 24.4 Å². The van der Waals surface area contributed by atoms with Crippen molar-refractivity contribution >= 4 is 12.6 Å². The highest BCUT2D eigenvalue weighted by molar-refractivity contribution is 6.62. The van der Waals surface area contributed by atoms with Crippen molar-refractivity contribution in [3.8, 4) is 5.75 Å². The van der Waals surface area contributed by atoms with Gasteiger partial charge in [-0.05, 0) is 58.6 Å². The number of ether oxygens (including phenoxy) is 1. The molecule has 3 nitrogen and oxygen atoms in total. The molecular weight excluding hydrogens is 251 g/mol. The summed E-state index contributed by atoms with van der Waals surface area (Å²) in [5.41, 5.74) is 0.376. The van der Waals surface area contributed by atoms with E-state index >= 15 is 0 Å². The molecule has 20 heavy (non-hydrogen) atoms. The highest BCUT2D eigenvalue weighted by atomic mass is 16.7. The minimum absolute atomic E-state index is 0.212. The van der Waals surface area contributed by atoms with Crippen molar-refractivity contribution in [2.75, 3.05) is 0 Å². The lowest BCUT2D eigenvalue weighted by Gasteiger charge is -2.32. The SMILES string of the molecule is CC[C@@H](C)Oc1cccc(B2OC(C)(C)C(C)(C)O2)c1. The van der Waals surface area contributed by atoms with Gasteiger partial charge in [0.25, 0.3) is 0 Å². The Kier molecular flexibility index (Phi) is 4.17. The first-order valence-electron chi connectivity index (χ1n) is 7.37. The molecule has 110 valence electrons. The Morgan fingerprint density at radius 3 is 2.30 bits per heavy atom. The summed E-state index contributed by atoms with van der Waals surface area (Å²) in [5.74, 6) is 0.867. The first-order valence-corrected chi connectivity index (χ1v) is 7.37. The fraction of sp³-hybridized carbons (Fsp3) is 0.625. The third-order valence-electron chi connectivity index (χ3n) is 4.30. The van der Waals surface area contributed by atoms with Gasteiger partial charge in [-0.2, -0.15) is 0 Å². The lowest BCUT2D eigenvalue weighted by Crippen LogP contribution is -2.41. The van der Waals surface area contributed by atoms with Gasteiger partial charge in [-0.3, -0.25) is 0 Å². The summed E-state index contributed by atoms with van der Waals surface area (Å²) >= 11 is 0. The second kappa shape index (κ2) is 5.42. The monoisotopic (exact) mass is 276 g/mol. The summed E-state index contributed by atoms with van der Waals surface area (Å²) in [4.78, 5) is 0. The number of benzene rings is 1. The molecule has 1 atom stereocenters. The van der Waals surface area contributed by atoms with Crippen LogP contribution in [0.15, 0.2) is 24.3 Å². The van der Waals surface area contributed by atoms with E-state index < -0.39 is 0 Å². The molecule has 0 radical (unpaired) electrons. The number of hydrogen-bond acceptors (Lipinski definition) is 3. The molecule has 1 heterocycles. The van der Waals surface area contributed by atoms with Gasteiger partial charge in [0.2, 0.25) is 0 Å². The lowest BCUT2D eigenvalue weighted by atomic mass is 9.79. The van der Waals surface area contributed by atoms with E-state index in [1.165, 1.54) is 0 Å².